The lowest BCUT2D eigenvalue weighted by molar-refractivity contribution is -0.132. The fraction of sp³-hybridized carbons (Fsp3) is 0.867. The van der Waals surface area contributed by atoms with Crippen molar-refractivity contribution in [2.75, 3.05) is 25.4 Å². The number of hydrogen-bond donors (Lipinski definition) is 3. The number of nitrogens with zero attached hydrogens (tertiary/aromatic N) is 1. The molecule has 24 heavy (non-hydrogen) atoms. The third kappa shape index (κ3) is 7.59. The zero-order valence-corrected chi connectivity index (χ0v) is 15.6. The van der Waals surface area contributed by atoms with E-state index in [9.17, 15) is 18.0 Å². The van der Waals surface area contributed by atoms with E-state index in [0.717, 1.165) is 12.8 Å². The highest BCUT2D eigenvalue weighted by atomic mass is 32.2. The van der Waals surface area contributed by atoms with E-state index in [2.05, 4.69) is 10.0 Å². The molecule has 0 bridgehead atoms. The summed E-state index contributed by atoms with van der Waals surface area (Å²) >= 11 is 0. The van der Waals surface area contributed by atoms with Gasteiger partial charge in [0, 0.05) is 31.6 Å². The fourth-order valence-corrected chi connectivity index (χ4v) is 3.60. The van der Waals surface area contributed by atoms with Gasteiger partial charge in [0.15, 0.2) is 0 Å². The van der Waals surface area contributed by atoms with E-state index in [-0.39, 0.29) is 42.6 Å². The molecular weight excluding hydrogens is 332 g/mol. The van der Waals surface area contributed by atoms with Crippen LogP contribution < -0.4 is 15.8 Å². The first kappa shape index (κ1) is 20.9. The number of nitrogens with one attached hydrogen (secondary N) is 2. The second-order valence-corrected chi connectivity index (χ2v) is 8.64. The van der Waals surface area contributed by atoms with Crippen molar-refractivity contribution in [3.8, 4) is 0 Å². The average molecular weight is 362 g/mol. The van der Waals surface area contributed by atoms with Crippen molar-refractivity contribution in [3.05, 3.63) is 0 Å². The highest BCUT2D eigenvalue weighted by molar-refractivity contribution is 7.89. The molecule has 0 aromatic rings. The molecule has 1 heterocycles. The molecule has 0 radical (unpaired) electrons. The summed E-state index contributed by atoms with van der Waals surface area (Å²) in [6, 6.07) is -0.0361. The maximum Gasteiger partial charge on any atom is 0.235 e. The monoisotopic (exact) mass is 362 g/mol. The molecule has 2 unspecified atom stereocenters. The van der Waals surface area contributed by atoms with Gasteiger partial charge in [-0.3, -0.25) is 9.59 Å². The summed E-state index contributed by atoms with van der Waals surface area (Å²) < 4.78 is 26.0. The van der Waals surface area contributed by atoms with E-state index < -0.39 is 15.9 Å². The molecule has 1 aliphatic rings. The maximum atomic E-state index is 12.2. The Morgan fingerprint density at radius 2 is 1.96 bits per heavy atom. The molecule has 0 aromatic heterocycles. The topological polar surface area (TPSA) is 122 Å². The Labute approximate surface area is 144 Å². The van der Waals surface area contributed by atoms with Crippen molar-refractivity contribution in [3.63, 3.8) is 0 Å². The number of likely N-dealkylation sites (tertiary alicyclic amines) is 1. The van der Waals surface area contributed by atoms with E-state index in [4.69, 9.17) is 5.73 Å². The van der Waals surface area contributed by atoms with E-state index in [1.165, 1.54) is 0 Å². The second kappa shape index (κ2) is 9.33. The first-order valence-corrected chi connectivity index (χ1v) is 10.1. The largest absolute Gasteiger partial charge is 0.353 e. The molecule has 1 saturated heterocycles. The number of carbonyl (C=O) groups excluding carboxylic acids is 2. The number of nitrogens with two attached hydrogens (primary N) is 1. The zero-order valence-electron chi connectivity index (χ0n) is 14.7. The third-order valence-corrected chi connectivity index (χ3v) is 5.37. The normalized spacial score (nSPS) is 20.0. The number of piperidine rings is 1. The van der Waals surface area contributed by atoms with Gasteiger partial charge in [-0.15, -0.1) is 0 Å². The van der Waals surface area contributed by atoms with Crippen LogP contribution in [0.5, 0.6) is 0 Å². The maximum absolute atomic E-state index is 12.2. The van der Waals surface area contributed by atoms with E-state index >= 15 is 0 Å². The Bertz CT molecular complexity index is 534. The molecule has 2 atom stereocenters. The summed E-state index contributed by atoms with van der Waals surface area (Å²) in [6.45, 7) is 6.42. The van der Waals surface area contributed by atoms with Gasteiger partial charge >= 0.3 is 0 Å². The molecule has 1 fully saturated rings. The summed E-state index contributed by atoms with van der Waals surface area (Å²) in [4.78, 5) is 25.4. The van der Waals surface area contributed by atoms with Gasteiger partial charge in [-0.2, -0.15) is 0 Å². The van der Waals surface area contributed by atoms with Gasteiger partial charge in [0.25, 0.3) is 0 Å². The van der Waals surface area contributed by atoms with Crippen LogP contribution in [0.4, 0.5) is 0 Å². The van der Waals surface area contributed by atoms with Gasteiger partial charge in [0.2, 0.25) is 21.8 Å². The van der Waals surface area contributed by atoms with Crippen LogP contribution in [-0.2, 0) is 19.6 Å². The van der Waals surface area contributed by atoms with Gasteiger partial charge < -0.3 is 16.0 Å². The van der Waals surface area contributed by atoms with Crippen LogP contribution in [-0.4, -0.2) is 62.6 Å². The van der Waals surface area contributed by atoms with E-state index in [1.807, 2.05) is 6.92 Å². The quantitative estimate of drug-likeness (QED) is 0.533. The first-order chi connectivity index (χ1) is 11.1. The summed E-state index contributed by atoms with van der Waals surface area (Å²) in [7, 11) is -3.66. The third-order valence-electron chi connectivity index (χ3n) is 4.04. The standard InChI is InChI=1S/C15H30N4O4S/c1-11(2)18-14(20)9-17-24(22,23)8-6-15(21)19-7-4-5-13(10-19)12(3)16/h11-13,17H,4-10,16H2,1-3H3,(H,18,20). The predicted octanol–water partition coefficient (Wildman–Crippen LogP) is -0.594. The Kier molecular flexibility index (Phi) is 8.11. The minimum atomic E-state index is -3.66. The van der Waals surface area contributed by atoms with Crippen molar-refractivity contribution >= 4 is 21.8 Å². The lowest BCUT2D eigenvalue weighted by Crippen LogP contribution is -2.46. The van der Waals surface area contributed by atoms with Gasteiger partial charge in [-0.05, 0) is 39.5 Å². The minimum absolute atomic E-state index is 0.0190. The smallest absolute Gasteiger partial charge is 0.235 e. The summed E-state index contributed by atoms with van der Waals surface area (Å²) in [5, 5.41) is 2.59. The second-order valence-electron chi connectivity index (χ2n) is 6.71. The van der Waals surface area contributed by atoms with Gasteiger partial charge in [-0.25, -0.2) is 13.1 Å². The molecule has 1 rings (SSSR count). The molecule has 0 saturated carbocycles. The van der Waals surface area contributed by atoms with Gasteiger partial charge in [0.05, 0.1) is 12.3 Å². The highest BCUT2D eigenvalue weighted by Gasteiger charge is 2.26. The molecule has 4 N–H and O–H groups in total. The molecule has 0 spiro atoms. The molecule has 8 nitrogen and oxygen atoms in total. The Balaban J connectivity index is 2.40. The molecule has 2 amide bonds. The van der Waals surface area contributed by atoms with Crippen molar-refractivity contribution in [2.24, 2.45) is 11.7 Å². The number of sulfonamides is 1. The van der Waals surface area contributed by atoms with Crippen molar-refractivity contribution in [2.45, 2.75) is 52.1 Å². The molecule has 0 aliphatic carbocycles. The Morgan fingerprint density at radius 1 is 1.29 bits per heavy atom. The van der Waals surface area contributed by atoms with Gasteiger partial charge in [0.1, 0.15) is 0 Å². The molecule has 0 aromatic carbocycles. The molecule has 1 aliphatic heterocycles. The minimum Gasteiger partial charge on any atom is -0.353 e. The first-order valence-electron chi connectivity index (χ1n) is 8.40. The lowest BCUT2D eigenvalue weighted by Gasteiger charge is -2.34. The zero-order chi connectivity index (χ0) is 18.3. The summed E-state index contributed by atoms with van der Waals surface area (Å²) in [6.07, 6.45) is 1.79. The Morgan fingerprint density at radius 3 is 2.54 bits per heavy atom. The SMILES string of the molecule is CC(C)NC(=O)CNS(=O)(=O)CCC(=O)N1CCCC(C(C)N)C1. The van der Waals surface area contributed by atoms with Crippen molar-refractivity contribution in [1.29, 1.82) is 0 Å². The average Bonchev–Trinajstić information content (AvgIpc) is 2.50. The fourth-order valence-electron chi connectivity index (χ4n) is 2.67. The number of amides is 2. The molecular formula is C15H30N4O4S. The van der Waals surface area contributed by atoms with Crippen molar-refractivity contribution < 1.29 is 18.0 Å². The van der Waals surface area contributed by atoms with Crippen LogP contribution >= 0.6 is 0 Å². The van der Waals surface area contributed by atoms with Crippen molar-refractivity contribution in [1.82, 2.24) is 14.9 Å². The summed E-state index contributed by atoms with van der Waals surface area (Å²) in [5.41, 5.74) is 5.89. The van der Waals surface area contributed by atoms with E-state index in [0.29, 0.717) is 13.1 Å². The van der Waals surface area contributed by atoms with Crippen LogP contribution in [0.2, 0.25) is 0 Å². The van der Waals surface area contributed by atoms with Crippen LogP contribution in [0.1, 0.15) is 40.0 Å². The Hall–Kier alpha value is -1.19. The summed E-state index contributed by atoms with van der Waals surface area (Å²) in [5.74, 6) is -0.634. The van der Waals surface area contributed by atoms with Crippen LogP contribution in [0, 0.1) is 5.92 Å². The number of carbonyl (C=O) groups is 2. The molecule has 9 heteroatoms. The lowest BCUT2D eigenvalue weighted by atomic mass is 9.92. The highest BCUT2D eigenvalue weighted by Crippen LogP contribution is 2.19. The van der Waals surface area contributed by atoms with Gasteiger partial charge in [-0.1, -0.05) is 0 Å². The number of rotatable bonds is 8. The van der Waals surface area contributed by atoms with E-state index in [1.54, 1.807) is 18.7 Å². The molecule has 140 valence electrons. The number of hydrogen-bond acceptors (Lipinski definition) is 5. The van der Waals surface area contributed by atoms with Crippen LogP contribution in [0.25, 0.3) is 0 Å². The van der Waals surface area contributed by atoms with Crippen LogP contribution in [0.3, 0.4) is 0 Å². The predicted molar refractivity (Wildman–Crippen MR) is 92.6 cm³/mol. The van der Waals surface area contributed by atoms with Crippen LogP contribution in [0.15, 0.2) is 0 Å².